The highest BCUT2D eigenvalue weighted by molar-refractivity contribution is 6.30. The smallest absolute Gasteiger partial charge is 0.178 e. The zero-order valence-corrected chi connectivity index (χ0v) is 9.25. The molecule has 0 N–H and O–H groups in total. The molecule has 0 spiro atoms. The van der Waals surface area contributed by atoms with E-state index in [0.29, 0.717) is 6.29 Å². The normalized spacial score (nSPS) is 9.31. The number of hydrogen-bond donors (Lipinski definition) is 0. The van der Waals surface area contributed by atoms with Gasteiger partial charge in [0, 0.05) is 5.56 Å². The molecule has 0 fully saturated rings. The first kappa shape index (κ1) is 12.2. The molecule has 0 radical (unpaired) electrons. The van der Waals surface area contributed by atoms with Crippen LogP contribution in [-0.4, -0.2) is 25.1 Å². The molecule has 1 aromatic rings. The van der Waals surface area contributed by atoms with Crippen LogP contribution in [0.1, 0.15) is 26.3 Å². The number of hydrogen-bond acceptors (Lipinski definition) is 4. The van der Waals surface area contributed by atoms with Gasteiger partial charge in [0.2, 0.25) is 0 Å². The van der Waals surface area contributed by atoms with Crippen molar-refractivity contribution in [2.75, 3.05) is 13.0 Å². The van der Waals surface area contributed by atoms with Crippen LogP contribution < -0.4 is 4.74 Å². The van der Waals surface area contributed by atoms with Gasteiger partial charge in [-0.05, 0) is 12.1 Å². The molecule has 1 aromatic carbocycles. The molecular weight excluding hydrogens is 230 g/mol. The average Bonchev–Trinajstić information content (AvgIpc) is 2.35. The molecule has 0 unspecified atom stereocenters. The Labute approximate surface area is 97.4 Å². The summed E-state index contributed by atoms with van der Waals surface area (Å²) in [6.45, 7) is 0. The molecule has 0 amide bonds. The van der Waals surface area contributed by atoms with E-state index in [1.54, 1.807) is 0 Å². The van der Waals surface area contributed by atoms with Gasteiger partial charge in [0.25, 0.3) is 0 Å². The van der Waals surface area contributed by atoms with Gasteiger partial charge in [0.05, 0.1) is 24.1 Å². The molecule has 4 nitrogen and oxygen atoms in total. The largest absolute Gasteiger partial charge is 0.496 e. The van der Waals surface area contributed by atoms with Crippen molar-refractivity contribution in [1.29, 1.82) is 5.26 Å². The van der Waals surface area contributed by atoms with Gasteiger partial charge >= 0.3 is 0 Å². The van der Waals surface area contributed by atoms with Gasteiger partial charge in [0.15, 0.2) is 12.1 Å². The summed E-state index contributed by atoms with van der Waals surface area (Å²) >= 11 is 5.41. The van der Waals surface area contributed by atoms with Gasteiger partial charge in [-0.25, -0.2) is 0 Å². The van der Waals surface area contributed by atoms with E-state index in [1.807, 2.05) is 6.07 Å². The molecule has 0 aliphatic heterocycles. The Bertz CT molecular complexity index is 477. The van der Waals surface area contributed by atoms with E-state index in [0.717, 1.165) is 0 Å². The Morgan fingerprint density at radius 2 is 2.31 bits per heavy atom. The van der Waals surface area contributed by atoms with E-state index in [4.69, 9.17) is 21.6 Å². The van der Waals surface area contributed by atoms with E-state index in [-0.39, 0.29) is 28.3 Å². The lowest BCUT2D eigenvalue weighted by atomic mass is 10.0. The van der Waals surface area contributed by atoms with Crippen molar-refractivity contribution < 1.29 is 14.3 Å². The zero-order valence-electron chi connectivity index (χ0n) is 8.49. The SMILES string of the molecule is COc1cc(C#N)c(C(=O)CCl)cc1C=O. The third kappa shape index (κ3) is 2.20. The number of carbonyl (C=O) groups excluding carboxylic acids is 2. The third-order valence-electron chi connectivity index (χ3n) is 2.04. The highest BCUT2D eigenvalue weighted by Crippen LogP contribution is 2.22. The Balaban J connectivity index is 3.44. The molecule has 0 atom stereocenters. The summed E-state index contributed by atoms with van der Waals surface area (Å²) in [5.41, 5.74) is 0.503. The van der Waals surface area contributed by atoms with Crippen LogP contribution in [0, 0.1) is 11.3 Å². The molecular formula is C11H8ClNO3. The Kier molecular flexibility index (Phi) is 4.03. The first-order valence-electron chi connectivity index (χ1n) is 4.34. The number of halogens is 1. The zero-order chi connectivity index (χ0) is 12.1. The number of Topliss-reactive ketones (excluding diaryl/α,β-unsaturated/α-hetero) is 1. The average molecular weight is 238 g/mol. The van der Waals surface area contributed by atoms with Gasteiger partial charge in [0.1, 0.15) is 11.8 Å². The second kappa shape index (κ2) is 5.29. The van der Waals surface area contributed by atoms with Gasteiger partial charge in [-0.3, -0.25) is 9.59 Å². The monoisotopic (exact) mass is 237 g/mol. The van der Waals surface area contributed by atoms with Crippen molar-refractivity contribution in [1.82, 2.24) is 0 Å². The van der Waals surface area contributed by atoms with E-state index in [9.17, 15) is 9.59 Å². The molecule has 0 saturated carbocycles. The topological polar surface area (TPSA) is 67.2 Å². The number of methoxy groups -OCH3 is 1. The van der Waals surface area contributed by atoms with Gasteiger partial charge in [-0.1, -0.05) is 0 Å². The molecule has 82 valence electrons. The number of rotatable bonds is 4. The lowest BCUT2D eigenvalue weighted by Crippen LogP contribution is -2.05. The van der Waals surface area contributed by atoms with Crippen LogP contribution in [0.4, 0.5) is 0 Å². The number of nitriles is 1. The van der Waals surface area contributed by atoms with E-state index in [2.05, 4.69) is 0 Å². The molecule has 0 aromatic heterocycles. The second-order valence-corrected chi connectivity index (χ2v) is 3.19. The fourth-order valence-electron chi connectivity index (χ4n) is 1.26. The third-order valence-corrected chi connectivity index (χ3v) is 2.28. The number of benzene rings is 1. The van der Waals surface area contributed by atoms with Crippen LogP contribution in [0.3, 0.4) is 0 Å². The Hall–Kier alpha value is -1.86. The maximum absolute atomic E-state index is 11.4. The van der Waals surface area contributed by atoms with Crippen LogP contribution in [0.2, 0.25) is 0 Å². The molecule has 0 heterocycles. The number of ether oxygens (including phenoxy) is 1. The molecule has 0 bridgehead atoms. The summed E-state index contributed by atoms with van der Waals surface area (Å²) < 4.78 is 4.92. The van der Waals surface area contributed by atoms with Crippen LogP contribution >= 0.6 is 11.6 Å². The summed E-state index contributed by atoms with van der Waals surface area (Å²) in [6, 6.07) is 4.53. The minimum absolute atomic E-state index is 0.139. The summed E-state index contributed by atoms with van der Waals surface area (Å²) in [5, 5.41) is 8.86. The maximum atomic E-state index is 11.4. The van der Waals surface area contributed by atoms with E-state index < -0.39 is 5.78 Å². The van der Waals surface area contributed by atoms with Crippen molar-refractivity contribution in [3.8, 4) is 11.8 Å². The molecule has 16 heavy (non-hydrogen) atoms. The predicted molar refractivity (Wildman–Crippen MR) is 58.1 cm³/mol. The minimum atomic E-state index is -0.399. The standard InChI is InChI=1S/C11H8ClNO3/c1-16-11-3-7(5-13)9(10(15)4-12)2-8(11)6-14/h2-3,6H,4H2,1H3. The minimum Gasteiger partial charge on any atom is -0.496 e. The number of ketones is 1. The van der Waals surface area contributed by atoms with E-state index in [1.165, 1.54) is 19.2 Å². The van der Waals surface area contributed by atoms with Crippen LogP contribution in [-0.2, 0) is 0 Å². The summed E-state index contributed by atoms with van der Waals surface area (Å²) in [6.07, 6.45) is 0.561. The molecule has 0 aliphatic rings. The van der Waals surface area contributed by atoms with Gasteiger partial charge in [-0.15, -0.1) is 11.6 Å². The van der Waals surface area contributed by atoms with Crippen molar-refractivity contribution in [3.05, 3.63) is 28.8 Å². The number of aldehydes is 1. The summed E-state index contributed by atoms with van der Waals surface area (Å²) in [7, 11) is 1.38. The summed E-state index contributed by atoms with van der Waals surface area (Å²) in [5.74, 6) is -0.374. The Morgan fingerprint density at radius 1 is 1.62 bits per heavy atom. The van der Waals surface area contributed by atoms with Gasteiger partial charge in [-0.2, -0.15) is 5.26 Å². The highest BCUT2D eigenvalue weighted by atomic mass is 35.5. The number of alkyl halides is 1. The first-order valence-corrected chi connectivity index (χ1v) is 4.87. The van der Waals surface area contributed by atoms with Crippen LogP contribution in [0.5, 0.6) is 5.75 Å². The predicted octanol–water partition coefficient (Wildman–Crippen LogP) is 1.80. The highest BCUT2D eigenvalue weighted by Gasteiger charge is 2.15. The lowest BCUT2D eigenvalue weighted by Gasteiger charge is -2.07. The van der Waals surface area contributed by atoms with Crippen LogP contribution in [0.15, 0.2) is 12.1 Å². The fraction of sp³-hybridized carbons (Fsp3) is 0.182. The molecule has 5 heteroatoms. The van der Waals surface area contributed by atoms with Crippen molar-refractivity contribution >= 4 is 23.7 Å². The number of carbonyl (C=O) groups is 2. The first-order chi connectivity index (χ1) is 7.67. The lowest BCUT2D eigenvalue weighted by molar-refractivity contribution is 0.102. The Morgan fingerprint density at radius 3 is 2.75 bits per heavy atom. The van der Waals surface area contributed by atoms with E-state index >= 15 is 0 Å². The van der Waals surface area contributed by atoms with Gasteiger partial charge < -0.3 is 4.74 Å². The maximum Gasteiger partial charge on any atom is 0.178 e. The summed E-state index contributed by atoms with van der Waals surface area (Å²) in [4.78, 5) is 22.2. The second-order valence-electron chi connectivity index (χ2n) is 2.93. The van der Waals surface area contributed by atoms with Crippen molar-refractivity contribution in [2.45, 2.75) is 0 Å². The van der Waals surface area contributed by atoms with Crippen LogP contribution in [0.25, 0.3) is 0 Å². The van der Waals surface area contributed by atoms with Crippen molar-refractivity contribution in [2.24, 2.45) is 0 Å². The fourth-order valence-corrected chi connectivity index (χ4v) is 1.40. The molecule has 0 saturated heterocycles. The molecule has 1 rings (SSSR count). The quantitative estimate of drug-likeness (QED) is 0.455. The van der Waals surface area contributed by atoms with Crippen molar-refractivity contribution in [3.63, 3.8) is 0 Å². The number of nitrogens with zero attached hydrogens (tertiary/aromatic N) is 1. The molecule has 0 aliphatic carbocycles.